The molecule has 0 spiro atoms. The van der Waals surface area contributed by atoms with Crippen molar-refractivity contribution < 1.29 is 29.2 Å². The van der Waals surface area contributed by atoms with Crippen LogP contribution in [0.4, 0.5) is 0 Å². The number of benzene rings is 2. The van der Waals surface area contributed by atoms with E-state index < -0.39 is 0 Å². The molecule has 0 aliphatic carbocycles. The summed E-state index contributed by atoms with van der Waals surface area (Å²) in [5, 5.41) is 19.6. The fraction of sp³-hybridized carbons (Fsp3) is 0.429. The van der Waals surface area contributed by atoms with Crippen LogP contribution in [-0.2, 0) is 15.9 Å². The van der Waals surface area contributed by atoms with Crippen LogP contribution in [0.3, 0.4) is 0 Å². The van der Waals surface area contributed by atoms with Crippen molar-refractivity contribution in [2.45, 2.75) is 12.5 Å². The summed E-state index contributed by atoms with van der Waals surface area (Å²) in [6, 6.07) is 10.7. The van der Waals surface area contributed by atoms with E-state index in [0.29, 0.717) is 24.7 Å². The molecular formula is C21H26O6. The summed E-state index contributed by atoms with van der Waals surface area (Å²) in [6.07, 6.45) is 0.652. The van der Waals surface area contributed by atoms with Gasteiger partial charge >= 0.3 is 0 Å². The molecule has 0 saturated carbocycles. The minimum absolute atomic E-state index is 0.107. The van der Waals surface area contributed by atoms with E-state index in [2.05, 4.69) is 0 Å². The third-order valence-electron chi connectivity index (χ3n) is 5.12. The van der Waals surface area contributed by atoms with Crippen molar-refractivity contribution in [1.82, 2.24) is 0 Å². The van der Waals surface area contributed by atoms with E-state index in [1.165, 1.54) is 7.11 Å². The molecule has 2 aromatic carbocycles. The Balaban J connectivity index is 1.81. The Kier molecular flexibility index (Phi) is 6.08. The molecule has 0 bridgehead atoms. The first kappa shape index (κ1) is 19.3. The molecule has 1 heterocycles. The van der Waals surface area contributed by atoms with Gasteiger partial charge in [-0.05, 0) is 47.7 Å². The Labute approximate surface area is 159 Å². The van der Waals surface area contributed by atoms with Gasteiger partial charge in [-0.3, -0.25) is 0 Å². The summed E-state index contributed by atoms with van der Waals surface area (Å²) in [5.41, 5.74) is 2.03. The predicted octanol–water partition coefficient (Wildman–Crippen LogP) is 3.31. The molecule has 3 atom stereocenters. The molecule has 2 N–H and O–H groups in total. The molecule has 1 saturated heterocycles. The summed E-state index contributed by atoms with van der Waals surface area (Å²) < 4.78 is 22.0. The topological polar surface area (TPSA) is 77.4 Å². The van der Waals surface area contributed by atoms with Crippen molar-refractivity contribution in [1.29, 1.82) is 0 Å². The van der Waals surface area contributed by atoms with Crippen molar-refractivity contribution in [2.24, 2.45) is 11.8 Å². The Bertz CT molecular complexity index is 775. The van der Waals surface area contributed by atoms with Crippen molar-refractivity contribution >= 4 is 0 Å². The van der Waals surface area contributed by atoms with Gasteiger partial charge in [-0.15, -0.1) is 0 Å². The van der Waals surface area contributed by atoms with Gasteiger partial charge in [-0.25, -0.2) is 0 Å². The van der Waals surface area contributed by atoms with Crippen LogP contribution in [-0.4, -0.2) is 44.8 Å². The van der Waals surface area contributed by atoms with Crippen LogP contribution in [0.1, 0.15) is 17.2 Å². The number of ether oxygens (including phenoxy) is 4. The highest BCUT2D eigenvalue weighted by atomic mass is 16.5. The average Bonchev–Trinajstić information content (AvgIpc) is 3.06. The molecule has 2 aromatic rings. The molecular weight excluding hydrogens is 348 g/mol. The van der Waals surface area contributed by atoms with Crippen LogP contribution >= 0.6 is 0 Å². The van der Waals surface area contributed by atoms with E-state index in [-0.39, 0.29) is 29.4 Å². The molecule has 1 aliphatic heterocycles. The average molecular weight is 374 g/mol. The van der Waals surface area contributed by atoms with Gasteiger partial charge < -0.3 is 29.2 Å². The molecule has 1 aliphatic rings. The molecule has 6 nitrogen and oxygen atoms in total. The normalized spacial score (nSPS) is 22.0. The SMILES string of the molecule is COC[C@H]1[C@@H](Cc2ccc(O)c(OC)c2)CO[C@@H]1c1ccc(O)c(OC)c1. The lowest BCUT2D eigenvalue weighted by Crippen LogP contribution is -2.22. The van der Waals surface area contributed by atoms with Crippen LogP contribution in [0.5, 0.6) is 23.0 Å². The standard InChI is InChI=1S/C21H26O6/c1-24-12-16-15(8-13-4-6-17(22)19(9-13)25-2)11-27-21(16)14-5-7-18(23)20(10-14)26-3/h4-7,9-10,15-16,21-23H,8,11-12H2,1-3H3/t15-,16-,21+/m0/s1. The molecule has 3 rings (SSSR count). The number of phenolic OH excluding ortho intramolecular Hbond substituents is 2. The minimum Gasteiger partial charge on any atom is -0.504 e. The van der Waals surface area contributed by atoms with Gasteiger partial charge in [-0.1, -0.05) is 12.1 Å². The van der Waals surface area contributed by atoms with E-state index >= 15 is 0 Å². The highest BCUT2D eigenvalue weighted by Gasteiger charge is 2.38. The van der Waals surface area contributed by atoms with E-state index in [9.17, 15) is 10.2 Å². The van der Waals surface area contributed by atoms with E-state index in [0.717, 1.165) is 17.5 Å². The smallest absolute Gasteiger partial charge is 0.160 e. The molecule has 6 heteroatoms. The van der Waals surface area contributed by atoms with Crippen LogP contribution in [0.2, 0.25) is 0 Å². The van der Waals surface area contributed by atoms with Crippen molar-refractivity contribution in [2.75, 3.05) is 34.5 Å². The van der Waals surface area contributed by atoms with E-state index in [4.69, 9.17) is 18.9 Å². The molecule has 146 valence electrons. The number of methoxy groups -OCH3 is 3. The first-order valence-corrected chi connectivity index (χ1v) is 8.90. The second-order valence-electron chi connectivity index (χ2n) is 6.77. The maximum absolute atomic E-state index is 9.84. The van der Waals surface area contributed by atoms with Crippen molar-refractivity contribution in [3.63, 3.8) is 0 Å². The second-order valence-corrected chi connectivity index (χ2v) is 6.77. The predicted molar refractivity (Wildman–Crippen MR) is 101 cm³/mol. The maximum Gasteiger partial charge on any atom is 0.160 e. The Morgan fingerprint density at radius 3 is 2.30 bits per heavy atom. The fourth-order valence-electron chi connectivity index (χ4n) is 3.71. The fourth-order valence-corrected chi connectivity index (χ4v) is 3.71. The molecule has 0 amide bonds. The maximum atomic E-state index is 9.84. The van der Waals surface area contributed by atoms with Crippen LogP contribution in [0.25, 0.3) is 0 Å². The van der Waals surface area contributed by atoms with Gasteiger partial charge in [0.25, 0.3) is 0 Å². The van der Waals surface area contributed by atoms with Gasteiger partial charge in [-0.2, -0.15) is 0 Å². The quantitative estimate of drug-likeness (QED) is 0.774. The Hall–Kier alpha value is -2.44. The number of aromatic hydroxyl groups is 2. The van der Waals surface area contributed by atoms with E-state index in [1.807, 2.05) is 24.3 Å². The van der Waals surface area contributed by atoms with Gasteiger partial charge in [0, 0.05) is 13.0 Å². The molecule has 27 heavy (non-hydrogen) atoms. The van der Waals surface area contributed by atoms with Crippen LogP contribution < -0.4 is 9.47 Å². The zero-order valence-corrected chi connectivity index (χ0v) is 15.8. The monoisotopic (exact) mass is 374 g/mol. The molecule has 1 fully saturated rings. The summed E-state index contributed by atoms with van der Waals surface area (Å²) in [7, 11) is 4.76. The van der Waals surface area contributed by atoms with Gasteiger partial charge in [0.2, 0.25) is 0 Å². The highest BCUT2D eigenvalue weighted by Crippen LogP contribution is 2.42. The summed E-state index contributed by atoms with van der Waals surface area (Å²) in [5.74, 6) is 1.54. The number of hydrogen-bond acceptors (Lipinski definition) is 6. The molecule has 0 unspecified atom stereocenters. The van der Waals surface area contributed by atoms with Gasteiger partial charge in [0.05, 0.1) is 33.5 Å². The lowest BCUT2D eigenvalue weighted by Gasteiger charge is -2.23. The van der Waals surface area contributed by atoms with Gasteiger partial charge in [0.1, 0.15) is 0 Å². The number of phenols is 2. The highest BCUT2D eigenvalue weighted by molar-refractivity contribution is 5.43. The Morgan fingerprint density at radius 2 is 1.63 bits per heavy atom. The van der Waals surface area contributed by atoms with E-state index in [1.54, 1.807) is 26.4 Å². The first-order chi connectivity index (χ1) is 13.1. The van der Waals surface area contributed by atoms with Crippen LogP contribution in [0, 0.1) is 11.8 Å². The number of rotatable bonds is 7. The third kappa shape index (κ3) is 4.12. The second kappa shape index (κ2) is 8.50. The summed E-state index contributed by atoms with van der Waals surface area (Å²) >= 11 is 0. The number of hydrogen-bond donors (Lipinski definition) is 2. The summed E-state index contributed by atoms with van der Waals surface area (Å²) in [6.45, 7) is 1.17. The third-order valence-corrected chi connectivity index (χ3v) is 5.12. The zero-order chi connectivity index (χ0) is 19.4. The first-order valence-electron chi connectivity index (χ1n) is 8.90. The van der Waals surface area contributed by atoms with Crippen LogP contribution in [0.15, 0.2) is 36.4 Å². The Morgan fingerprint density at radius 1 is 0.963 bits per heavy atom. The largest absolute Gasteiger partial charge is 0.504 e. The van der Waals surface area contributed by atoms with Crippen molar-refractivity contribution in [3.05, 3.63) is 47.5 Å². The zero-order valence-electron chi connectivity index (χ0n) is 15.8. The molecule has 0 aromatic heterocycles. The van der Waals surface area contributed by atoms with Crippen molar-refractivity contribution in [3.8, 4) is 23.0 Å². The lowest BCUT2D eigenvalue weighted by molar-refractivity contribution is 0.0582. The molecule has 0 radical (unpaired) electrons. The minimum atomic E-state index is -0.136. The summed E-state index contributed by atoms with van der Waals surface area (Å²) in [4.78, 5) is 0. The van der Waals surface area contributed by atoms with Gasteiger partial charge in [0.15, 0.2) is 23.0 Å². The lowest BCUT2D eigenvalue weighted by atomic mass is 9.84.